The van der Waals surface area contributed by atoms with Crippen molar-refractivity contribution in [1.29, 1.82) is 0 Å². The van der Waals surface area contributed by atoms with Crippen LogP contribution >= 0.6 is 0 Å². The molecule has 2 fully saturated rings. The number of rotatable bonds is 3. The second kappa shape index (κ2) is 5.28. The fraction of sp³-hybridized carbons (Fsp3) is 1.00. The van der Waals surface area contributed by atoms with Crippen molar-refractivity contribution in [3.8, 4) is 0 Å². The molecule has 2 aliphatic carbocycles. The first-order chi connectivity index (χ1) is 7.33. The van der Waals surface area contributed by atoms with Crippen molar-refractivity contribution in [3.05, 3.63) is 0 Å². The number of hydrogen-bond donors (Lipinski definition) is 2. The van der Waals surface area contributed by atoms with Gasteiger partial charge in [-0.1, -0.05) is 12.8 Å². The zero-order chi connectivity index (χ0) is 10.7. The van der Waals surface area contributed by atoms with Crippen LogP contribution in [0.3, 0.4) is 0 Å². The maximum atomic E-state index is 9.94. The van der Waals surface area contributed by atoms with Crippen molar-refractivity contribution in [2.45, 2.75) is 50.7 Å². The Hall–Kier alpha value is -0.120. The van der Waals surface area contributed by atoms with E-state index >= 15 is 0 Å². The van der Waals surface area contributed by atoms with Crippen molar-refractivity contribution in [3.63, 3.8) is 0 Å². The molecule has 0 bridgehead atoms. The number of hydrogen-bond acceptors (Lipinski definition) is 3. The molecule has 3 nitrogen and oxygen atoms in total. The first-order valence-corrected chi connectivity index (χ1v) is 6.23. The zero-order valence-corrected chi connectivity index (χ0v) is 9.27. The molecule has 0 heterocycles. The lowest BCUT2D eigenvalue weighted by Crippen LogP contribution is -2.44. The summed E-state index contributed by atoms with van der Waals surface area (Å²) in [6.45, 7) is 0.556. The van der Waals surface area contributed by atoms with Gasteiger partial charge in [-0.25, -0.2) is 0 Å². The van der Waals surface area contributed by atoms with E-state index < -0.39 is 0 Å². The Kier molecular flexibility index (Phi) is 4.00. The van der Waals surface area contributed by atoms with Crippen LogP contribution in [0, 0.1) is 11.8 Å². The normalized spacial score (nSPS) is 41.2. The molecule has 2 aliphatic rings. The van der Waals surface area contributed by atoms with Crippen LogP contribution in [0.25, 0.3) is 0 Å². The molecule has 0 aromatic carbocycles. The molecule has 0 aromatic heterocycles. The topological polar surface area (TPSA) is 49.7 Å². The Morgan fingerprint density at radius 3 is 2.47 bits per heavy atom. The molecule has 88 valence electrons. The van der Waals surface area contributed by atoms with E-state index in [1.54, 1.807) is 0 Å². The maximum Gasteiger partial charge on any atom is 0.0701 e. The van der Waals surface area contributed by atoms with E-state index in [2.05, 4.69) is 0 Å². The highest BCUT2D eigenvalue weighted by Crippen LogP contribution is 2.41. The second-order valence-corrected chi connectivity index (χ2v) is 4.89. The Morgan fingerprint density at radius 2 is 1.73 bits per heavy atom. The van der Waals surface area contributed by atoms with Crippen molar-refractivity contribution in [2.24, 2.45) is 11.8 Å². The van der Waals surface area contributed by atoms with E-state index in [1.165, 1.54) is 19.3 Å². The van der Waals surface area contributed by atoms with Crippen LogP contribution in [0.15, 0.2) is 0 Å². The third-order valence-corrected chi connectivity index (χ3v) is 4.02. The monoisotopic (exact) mass is 214 g/mol. The minimum absolute atomic E-state index is 0.107. The second-order valence-electron chi connectivity index (χ2n) is 4.89. The molecule has 0 aliphatic heterocycles. The minimum Gasteiger partial charge on any atom is -0.394 e. The number of ether oxygens (including phenoxy) is 1. The van der Waals surface area contributed by atoms with Crippen molar-refractivity contribution in [1.82, 2.24) is 0 Å². The van der Waals surface area contributed by atoms with Gasteiger partial charge in [0.15, 0.2) is 0 Å². The Morgan fingerprint density at radius 1 is 1.00 bits per heavy atom. The van der Waals surface area contributed by atoms with E-state index in [-0.39, 0.29) is 18.8 Å². The van der Waals surface area contributed by atoms with E-state index in [1.807, 2.05) is 0 Å². The average Bonchev–Trinajstić information content (AvgIpc) is 2.29. The molecule has 0 spiro atoms. The first-order valence-electron chi connectivity index (χ1n) is 6.23. The predicted molar refractivity (Wildman–Crippen MR) is 57.5 cm³/mol. The van der Waals surface area contributed by atoms with Crippen LogP contribution in [0.5, 0.6) is 0 Å². The summed E-state index contributed by atoms with van der Waals surface area (Å²) in [6, 6.07) is 0. The highest BCUT2D eigenvalue weighted by Gasteiger charge is 2.40. The van der Waals surface area contributed by atoms with Gasteiger partial charge in [0.2, 0.25) is 0 Å². The van der Waals surface area contributed by atoms with Crippen LogP contribution in [0.4, 0.5) is 0 Å². The molecule has 0 unspecified atom stereocenters. The SMILES string of the molecule is OCCO[C@H]1CC[C@@H](O)[C@H]2CCCC[C@@H]21. The molecular formula is C12H22O3. The zero-order valence-electron chi connectivity index (χ0n) is 9.27. The third-order valence-electron chi connectivity index (χ3n) is 4.02. The molecule has 2 saturated carbocycles. The summed E-state index contributed by atoms with van der Waals surface area (Å²) in [7, 11) is 0. The van der Waals surface area contributed by atoms with Crippen molar-refractivity contribution >= 4 is 0 Å². The number of aliphatic hydroxyl groups is 2. The van der Waals surface area contributed by atoms with Crippen LogP contribution in [-0.4, -0.2) is 35.6 Å². The quantitative estimate of drug-likeness (QED) is 0.745. The smallest absolute Gasteiger partial charge is 0.0701 e. The van der Waals surface area contributed by atoms with Gasteiger partial charge in [-0.3, -0.25) is 0 Å². The summed E-state index contributed by atoms with van der Waals surface area (Å²) < 4.78 is 5.69. The highest BCUT2D eigenvalue weighted by molar-refractivity contribution is 4.90. The van der Waals surface area contributed by atoms with Crippen LogP contribution in [-0.2, 0) is 4.74 Å². The maximum absolute atomic E-state index is 9.94. The average molecular weight is 214 g/mol. The van der Waals surface area contributed by atoms with Gasteiger partial charge in [0.05, 0.1) is 25.4 Å². The molecule has 0 saturated heterocycles. The van der Waals surface area contributed by atoms with Crippen LogP contribution < -0.4 is 0 Å². The molecule has 0 amide bonds. The van der Waals surface area contributed by atoms with E-state index in [0.717, 1.165) is 19.3 Å². The van der Waals surface area contributed by atoms with Gasteiger partial charge in [-0.2, -0.15) is 0 Å². The molecule has 15 heavy (non-hydrogen) atoms. The predicted octanol–water partition coefficient (Wildman–Crippen LogP) is 1.32. The molecular weight excluding hydrogens is 192 g/mol. The summed E-state index contributed by atoms with van der Waals surface area (Å²) in [5.41, 5.74) is 0. The Bertz CT molecular complexity index is 193. The third kappa shape index (κ3) is 2.52. The number of fused-ring (bicyclic) bond motifs is 1. The van der Waals surface area contributed by atoms with E-state index in [0.29, 0.717) is 18.4 Å². The van der Waals surface area contributed by atoms with Crippen molar-refractivity contribution in [2.75, 3.05) is 13.2 Å². The number of aliphatic hydroxyl groups excluding tert-OH is 2. The molecule has 0 radical (unpaired) electrons. The lowest BCUT2D eigenvalue weighted by molar-refractivity contribution is -0.0970. The van der Waals surface area contributed by atoms with Gasteiger partial charge < -0.3 is 14.9 Å². The largest absolute Gasteiger partial charge is 0.394 e. The fourth-order valence-corrected chi connectivity index (χ4v) is 3.30. The molecule has 3 heteroatoms. The molecule has 2 rings (SSSR count). The minimum atomic E-state index is -0.107. The highest BCUT2D eigenvalue weighted by atomic mass is 16.5. The van der Waals surface area contributed by atoms with Gasteiger partial charge in [0, 0.05) is 0 Å². The van der Waals surface area contributed by atoms with E-state index in [4.69, 9.17) is 9.84 Å². The molecule has 0 aromatic rings. The van der Waals surface area contributed by atoms with Gasteiger partial charge >= 0.3 is 0 Å². The fourth-order valence-electron chi connectivity index (χ4n) is 3.30. The first kappa shape index (κ1) is 11.4. The molecule has 2 N–H and O–H groups in total. The Labute approximate surface area is 91.4 Å². The summed E-state index contributed by atoms with van der Waals surface area (Å²) >= 11 is 0. The van der Waals surface area contributed by atoms with Gasteiger partial charge in [-0.05, 0) is 37.5 Å². The summed E-state index contributed by atoms with van der Waals surface area (Å²) in [6.07, 6.45) is 6.88. The lowest BCUT2D eigenvalue weighted by atomic mass is 9.68. The Balaban J connectivity index is 1.94. The molecule has 4 atom stereocenters. The van der Waals surface area contributed by atoms with Crippen molar-refractivity contribution < 1.29 is 14.9 Å². The summed E-state index contributed by atoms with van der Waals surface area (Å²) in [5, 5.41) is 18.7. The van der Waals surface area contributed by atoms with E-state index in [9.17, 15) is 5.11 Å². The lowest BCUT2D eigenvalue weighted by Gasteiger charge is -2.43. The van der Waals surface area contributed by atoms with Crippen LogP contribution in [0.2, 0.25) is 0 Å². The van der Waals surface area contributed by atoms with Gasteiger partial charge in [0.1, 0.15) is 0 Å². The summed E-state index contributed by atoms with van der Waals surface area (Å²) in [5.74, 6) is 0.991. The standard InChI is InChI=1S/C12H22O3/c13-7-8-15-12-6-5-11(14)9-3-1-2-4-10(9)12/h9-14H,1-8H2/t9-,10-,11+,12-/m0/s1. The van der Waals surface area contributed by atoms with Gasteiger partial charge in [-0.15, -0.1) is 0 Å². The summed E-state index contributed by atoms with van der Waals surface area (Å²) in [4.78, 5) is 0. The van der Waals surface area contributed by atoms with Gasteiger partial charge in [0.25, 0.3) is 0 Å². The van der Waals surface area contributed by atoms with Crippen LogP contribution in [0.1, 0.15) is 38.5 Å².